The molecule has 2 fully saturated rings. The van der Waals surface area contributed by atoms with Gasteiger partial charge >= 0.3 is 0 Å². The van der Waals surface area contributed by atoms with Crippen molar-refractivity contribution < 1.29 is 9.18 Å². The highest BCUT2D eigenvalue weighted by Gasteiger charge is 2.50. The number of halogens is 1. The summed E-state index contributed by atoms with van der Waals surface area (Å²) in [5, 5.41) is 11.6. The van der Waals surface area contributed by atoms with Crippen LogP contribution in [0.1, 0.15) is 55.2 Å². The lowest BCUT2D eigenvalue weighted by atomic mass is 9.79. The molecule has 0 aliphatic carbocycles. The molecular weight excluding hydrogens is 499 g/mol. The van der Waals surface area contributed by atoms with Crippen LogP contribution in [0.25, 0.3) is 11.1 Å². The standard InChI is InChI=1S/C29H31FN6OS/c1-4-24(37)35-15-29(16-35)10-12-34(14-29)27-22(13-31)25(20-7-5-6-8-23(20)30)21-9-11-36(19(3)26(21)33-27)28-18(2)32-17-38-28/h5-8,17,19H,4,9-12,14-16H2,1-3H3/t19-/m0/s1. The summed E-state index contributed by atoms with van der Waals surface area (Å²) in [6.45, 7) is 9.80. The third-order valence-electron chi connectivity index (χ3n) is 8.46. The summed E-state index contributed by atoms with van der Waals surface area (Å²) in [7, 11) is 0. The van der Waals surface area contributed by atoms with Gasteiger partial charge in [0.2, 0.25) is 5.91 Å². The van der Waals surface area contributed by atoms with Crippen molar-refractivity contribution >= 4 is 28.1 Å². The number of likely N-dealkylation sites (tertiary alicyclic amines) is 1. The predicted molar refractivity (Wildman–Crippen MR) is 147 cm³/mol. The highest BCUT2D eigenvalue weighted by Crippen LogP contribution is 2.46. The van der Waals surface area contributed by atoms with Crippen LogP contribution in [0.4, 0.5) is 15.2 Å². The van der Waals surface area contributed by atoms with Crippen LogP contribution in [-0.2, 0) is 11.2 Å². The van der Waals surface area contributed by atoms with Gasteiger partial charge < -0.3 is 14.7 Å². The van der Waals surface area contributed by atoms with Gasteiger partial charge in [-0.15, -0.1) is 11.3 Å². The lowest BCUT2D eigenvalue weighted by Gasteiger charge is -2.48. The summed E-state index contributed by atoms with van der Waals surface area (Å²) in [4.78, 5) is 28.3. The fourth-order valence-electron chi connectivity index (χ4n) is 6.48. The van der Waals surface area contributed by atoms with E-state index in [0.717, 1.165) is 61.1 Å². The van der Waals surface area contributed by atoms with Crippen molar-refractivity contribution in [3.8, 4) is 17.2 Å². The molecule has 3 aromatic rings. The van der Waals surface area contributed by atoms with Crippen LogP contribution >= 0.6 is 11.3 Å². The van der Waals surface area contributed by atoms with Crippen LogP contribution in [0.3, 0.4) is 0 Å². The lowest BCUT2D eigenvalue weighted by molar-refractivity contribution is -0.141. The molecular formula is C29H31FN6OS. The van der Waals surface area contributed by atoms with E-state index >= 15 is 4.39 Å². The van der Waals surface area contributed by atoms with Gasteiger partial charge in [-0.25, -0.2) is 14.4 Å². The van der Waals surface area contributed by atoms with Gasteiger partial charge in [-0.2, -0.15) is 5.26 Å². The minimum absolute atomic E-state index is 0.0324. The number of benzene rings is 1. The normalized spacial score (nSPS) is 19.9. The van der Waals surface area contributed by atoms with Crippen molar-refractivity contribution in [3.63, 3.8) is 0 Å². The molecule has 3 aliphatic rings. The Labute approximate surface area is 226 Å². The molecule has 38 heavy (non-hydrogen) atoms. The van der Waals surface area contributed by atoms with E-state index in [2.05, 4.69) is 27.8 Å². The molecule has 2 aromatic heterocycles. The Morgan fingerprint density at radius 3 is 2.74 bits per heavy atom. The largest absolute Gasteiger partial charge is 0.355 e. The second-order valence-corrected chi connectivity index (χ2v) is 11.6. The summed E-state index contributed by atoms with van der Waals surface area (Å²) in [5.41, 5.74) is 6.32. The second kappa shape index (κ2) is 9.35. The molecule has 1 atom stereocenters. The number of hydrogen-bond donors (Lipinski definition) is 0. The van der Waals surface area contributed by atoms with E-state index in [9.17, 15) is 10.1 Å². The number of nitrogens with zero attached hydrogens (tertiary/aromatic N) is 6. The van der Waals surface area contributed by atoms with Crippen LogP contribution in [0.15, 0.2) is 29.8 Å². The average Bonchev–Trinajstić information content (AvgIpc) is 3.54. The van der Waals surface area contributed by atoms with Gasteiger partial charge in [-0.05, 0) is 38.3 Å². The number of anilines is 2. The molecule has 0 N–H and O–H groups in total. The van der Waals surface area contributed by atoms with Gasteiger partial charge in [0.05, 0.1) is 22.9 Å². The van der Waals surface area contributed by atoms with Gasteiger partial charge in [0.25, 0.3) is 0 Å². The molecule has 6 rings (SSSR count). The maximum Gasteiger partial charge on any atom is 0.222 e. The number of carbonyl (C=O) groups is 1. The van der Waals surface area contributed by atoms with Crippen molar-refractivity contribution in [1.29, 1.82) is 5.26 Å². The van der Waals surface area contributed by atoms with E-state index in [0.29, 0.717) is 35.3 Å². The first-order valence-electron chi connectivity index (χ1n) is 13.3. The maximum atomic E-state index is 15.3. The molecule has 0 unspecified atom stereocenters. The molecule has 0 saturated carbocycles. The van der Waals surface area contributed by atoms with Crippen LogP contribution in [0.5, 0.6) is 0 Å². The third kappa shape index (κ3) is 3.85. The van der Waals surface area contributed by atoms with Crippen molar-refractivity contribution in [2.24, 2.45) is 5.41 Å². The van der Waals surface area contributed by atoms with Gasteiger partial charge in [-0.1, -0.05) is 25.1 Å². The van der Waals surface area contributed by atoms with Crippen LogP contribution in [0.2, 0.25) is 0 Å². The van der Waals surface area contributed by atoms with E-state index in [1.807, 2.05) is 30.3 Å². The van der Waals surface area contributed by atoms with Crippen molar-refractivity contribution in [2.75, 3.05) is 42.5 Å². The molecule has 1 aromatic carbocycles. The first-order valence-corrected chi connectivity index (χ1v) is 14.1. The smallest absolute Gasteiger partial charge is 0.222 e. The Morgan fingerprint density at radius 2 is 2.05 bits per heavy atom. The fraction of sp³-hybridized carbons (Fsp3) is 0.448. The Morgan fingerprint density at radius 1 is 1.26 bits per heavy atom. The van der Waals surface area contributed by atoms with Crippen LogP contribution < -0.4 is 9.80 Å². The number of hydrogen-bond acceptors (Lipinski definition) is 7. The fourth-order valence-corrected chi connectivity index (χ4v) is 7.40. The highest BCUT2D eigenvalue weighted by atomic mass is 32.1. The molecule has 1 spiro atoms. The molecule has 9 heteroatoms. The third-order valence-corrected chi connectivity index (χ3v) is 9.42. The number of carbonyl (C=O) groups excluding carboxylic acids is 1. The first-order chi connectivity index (χ1) is 18.4. The minimum atomic E-state index is -0.331. The summed E-state index contributed by atoms with van der Waals surface area (Å²) in [6, 6.07) is 9.11. The zero-order valence-corrected chi connectivity index (χ0v) is 22.8. The van der Waals surface area contributed by atoms with E-state index < -0.39 is 0 Å². The maximum absolute atomic E-state index is 15.3. The van der Waals surface area contributed by atoms with Gasteiger partial charge in [-0.3, -0.25) is 4.79 Å². The molecule has 3 aliphatic heterocycles. The summed E-state index contributed by atoms with van der Waals surface area (Å²) >= 11 is 1.62. The predicted octanol–water partition coefficient (Wildman–Crippen LogP) is 5.10. The first kappa shape index (κ1) is 24.8. The Balaban J connectivity index is 1.45. The van der Waals surface area contributed by atoms with Crippen LogP contribution in [0, 0.1) is 29.5 Å². The van der Waals surface area contributed by atoms with Crippen LogP contribution in [-0.4, -0.2) is 53.5 Å². The minimum Gasteiger partial charge on any atom is -0.355 e. The zero-order valence-electron chi connectivity index (χ0n) is 22.0. The topological polar surface area (TPSA) is 76.4 Å². The summed E-state index contributed by atoms with van der Waals surface area (Å²) in [5.74, 6) is 0.492. The number of amides is 1. The second-order valence-electron chi connectivity index (χ2n) is 10.8. The number of aryl methyl sites for hydroxylation is 1. The number of thiazole rings is 1. The molecule has 5 heterocycles. The Kier molecular flexibility index (Phi) is 6.10. The number of aromatic nitrogens is 2. The molecule has 196 valence electrons. The van der Waals surface area contributed by atoms with Gasteiger partial charge in [0.15, 0.2) is 0 Å². The van der Waals surface area contributed by atoms with Crippen molar-refractivity contribution in [2.45, 2.75) is 46.1 Å². The molecule has 0 radical (unpaired) electrons. The number of rotatable bonds is 4. The number of fused-ring (bicyclic) bond motifs is 1. The van der Waals surface area contributed by atoms with Gasteiger partial charge in [0, 0.05) is 55.7 Å². The van der Waals surface area contributed by atoms with Gasteiger partial charge in [0.1, 0.15) is 28.3 Å². The summed E-state index contributed by atoms with van der Waals surface area (Å²) < 4.78 is 15.3. The quantitative estimate of drug-likeness (QED) is 0.467. The molecule has 7 nitrogen and oxygen atoms in total. The average molecular weight is 531 g/mol. The molecule has 0 bridgehead atoms. The lowest BCUT2D eigenvalue weighted by Crippen LogP contribution is -2.59. The Hall–Kier alpha value is -3.51. The van der Waals surface area contributed by atoms with E-state index in [-0.39, 0.29) is 23.2 Å². The van der Waals surface area contributed by atoms with Crippen molar-refractivity contribution in [1.82, 2.24) is 14.9 Å². The van der Waals surface area contributed by atoms with E-state index in [1.165, 1.54) is 6.07 Å². The zero-order chi connectivity index (χ0) is 26.6. The monoisotopic (exact) mass is 530 g/mol. The molecule has 1 amide bonds. The van der Waals surface area contributed by atoms with E-state index in [4.69, 9.17) is 4.98 Å². The summed E-state index contributed by atoms with van der Waals surface area (Å²) in [6.07, 6.45) is 2.13. The van der Waals surface area contributed by atoms with E-state index in [1.54, 1.807) is 23.5 Å². The van der Waals surface area contributed by atoms with Crippen molar-refractivity contribution in [3.05, 3.63) is 58.1 Å². The SMILES string of the molecule is CCC(=O)N1CC2(CCN(c3nc4c(c(-c5ccccc5F)c3C#N)CCN(c3scnc3C)[C@H]4C)C2)C1. The number of nitriles is 1. The highest BCUT2D eigenvalue weighted by molar-refractivity contribution is 7.14. The number of pyridine rings is 1. The molecule has 2 saturated heterocycles. The Bertz CT molecular complexity index is 1460.